The van der Waals surface area contributed by atoms with Crippen LogP contribution in [-0.4, -0.2) is 20.7 Å². The van der Waals surface area contributed by atoms with Crippen molar-refractivity contribution in [3.63, 3.8) is 0 Å². The third-order valence-electron chi connectivity index (χ3n) is 3.28. The Morgan fingerprint density at radius 2 is 1.86 bits per heavy atom. The molecule has 2 N–H and O–H groups in total. The third-order valence-corrected chi connectivity index (χ3v) is 3.28. The van der Waals surface area contributed by atoms with Gasteiger partial charge in [0.05, 0.1) is 11.3 Å². The lowest BCUT2D eigenvalue weighted by molar-refractivity contribution is -0.141. The third kappa shape index (κ3) is 2.61. The molecule has 2 rings (SSSR count). The van der Waals surface area contributed by atoms with Crippen molar-refractivity contribution >= 4 is 5.91 Å². The second-order valence-electron chi connectivity index (χ2n) is 4.64. The summed E-state index contributed by atoms with van der Waals surface area (Å²) in [6, 6.07) is 1.74. The molecule has 0 spiro atoms. The van der Waals surface area contributed by atoms with Gasteiger partial charge in [-0.05, 0) is 38.5 Å². The fourth-order valence-corrected chi connectivity index (χ4v) is 1.89. The Morgan fingerprint density at radius 1 is 1.24 bits per heavy atom. The van der Waals surface area contributed by atoms with Gasteiger partial charge in [-0.1, -0.05) is 0 Å². The Hall–Kier alpha value is -2.38. The van der Waals surface area contributed by atoms with Gasteiger partial charge in [0.25, 0.3) is 5.91 Å². The highest BCUT2D eigenvalue weighted by atomic mass is 19.4. The van der Waals surface area contributed by atoms with E-state index >= 15 is 0 Å². The van der Waals surface area contributed by atoms with Crippen LogP contribution in [0.2, 0.25) is 0 Å². The van der Waals surface area contributed by atoms with Gasteiger partial charge in [0.2, 0.25) is 0 Å². The maximum absolute atomic E-state index is 12.8. The minimum absolute atomic E-state index is 0.117. The lowest BCUT2D eigenvalue weighted by Crippen LogP contribution is -2.19. The van der Waals surface area contributed by atoms with E-state index in [1.165, 1.54) is 4.68 Å². The topological polar surface area (TPSA) is 73.8 Å². The van der Waals surface area contributed by atoms with E-state index in [1.54, 1.807) is 20.8 Å². The molecular weight excluding hydrogens is 285 g/mol. The number of nitrogens with zero attached hydrogens (tertiary/aromatic N) is 3. The van der Waals surface area contributed by atoms with Gasteiger partial charge in [-0.2, -0.15) is 18.3 Å². The number of primary amides is 1. The summed E-state index contributed by atoms with van der Waals surface area (Å²) in [5.41, 5.74) is 6.03. The maximum Gasteiger partial charge on any atom is 0.433 e. The SMILES string of the molecule is Cc1nn(-c2nc(C(F)(F)F)ccc2C(N)=O)c(C)c1C. The molecule has 2 aromatic heterocycles. The normalized spacial score (nSPS) is 11.7. The van der Waals surface area contributed by atoms with Crippen LogP contribution in [0.25, 0.3) is 5.82 Å². The van der Waals surface area contributed by atoms with Crippen LogP contribution in [0.3, 0.4) is 0 Å². The predicted octanol–water partition coefficient (Wildman–Crippen LogP) is 2.31. The molecule has 8 heteroatoms. The molecule has 2 aromatic rings. The molecule has 1 amide bonds. The van der Waals surface area contributed by atoms with Crippen LogP contribution in [-0.2, 0) is 6.18 Å². The quantitative estimate of drug-likeness (QED) is 0.924. The highest BCUT2D eigenvalue weighted by molar-refractivity contribution is 5.95. The molecule has 0 saturated heterocycles. The number of nitrogens with two attached hydrogens (primary N) is 1. The van der Waals surface area contributed by atoms with Crippen molar-refractivity contribution in [1.82, 2.24) is 14.8 Å². The summed E-state index contributed by atoms with van der Waals surface area (Å²) < 4.78 is 39.6. The molecular formula is C13H13F3N4O. The summed E-state index contributed by atoms with van der Waals surface area (Å²) in [7, 11) is 0. The second-order valence-corrected chi connectivity index (χ2v) is 4.64. The molecule has 2 heterocycles. The van der Waals surface area contributed by atoms with E-state index < -0.39 is 17.8 Å². The molecule has 0 aliphatic heterocycles. The van der Waals surface area contributed by atoms with Crippen molar-refractivity contribution in [3.05, 3.63) is 40.3 Å². The van der Waals surface area contributed by atoms with Crippen LogP contribution in [0.5, 0.6) is 0 Å². The average Bonchev–Trinajstić information content (AvgIpc) is 2.64. The molecule has 0 radical (unpaired) electrons. The zero-order valence-corrected chi connectivity index (χ0v) is 11.6. The highest BCUT2D eigenvalue weighted by Crippen LogP contribution is 2.29. The smallest absolute Gasteiger partial charge is 0.365 e. The molecule has 0 aliphatic rings. The van der Waals surface area contributed by atoms with Crippen LogP contribution >= 0.6 is 0 Å². The molecule has 0 bridgehead atoms. The number of hydrogen-bond donors (Lipinski definition) is 1. The molecule has 0 atom stereocenters. The summed E-state index contributed by atoms with van der Waals surface area (Å²) in [6.45, 7) is 5.18. The number of hydrogen-bond acceptors (Lipinski definition) is 3. The second kappa shape index (κ2) is 4.87. The number of aromatic nitrogens is 3. The van der Waals surface area contributed by atoms with Gasteiger partial charge in [-0.25, -0.2) is 9.67 Å². The van der Waals surface area contributed by atoms with Gasteiger partial charge < -0.3 is 5.73 Å². The van der Waals surface area contributed by atoms with Gasteiger partial charge in [-0.15, -0.1) is 0 Å². The Kier molecular flexibility index (Phi) is 3.48. The first-order chi connectivity index (χ1) is 9.62. The Labute approximate surface area is 118 Å². The molecule has 112 valence electrons. The number of halogens is 3. The molecule has 0 aliphatic carbocycles. The summed E-state index contributed by atoms with van der Waals surface area (Å²) in [5.74, 6) is -1.08. The molecule has 0 saturated carbocycles. The standard InChI is InChI=1S/C13H13F3N4O/c1-6-7(2)19-20(8(6)3)12-9(11(17)21)4-5-10(18-12)13(14,15)16/h4-5H,1-3H3,(H2,17,21). The minimum Gasteiger partial charge on any atom is -0.365 e. The number of alkyl halides is 3. The number of rotatable bonds is 2. The van der Waals surface area contributed by atoms with E-state index in [4.69, 9.17) is 5.73 Å². The van der Waals surface area contributed by atoms with Gasteiger partial charge in [0.1, 0.15) is 5.69 Å². The van der Waals surface area contributed by atoms with E-state index in [2.05, 4.69) is 10.1 Å². The van der Waals surface area contributed by atoms with E-state index in [-0.39, 0.29) is 11.4 Å². The Morgan fingerprint density at radius 3 is 2.29 bits per heavy atom. The monoisotopic (exact) mass is 298 g/mol. The van der Waals surface area contributed by atoms with Crippen molar-refractivity contribution in [3.8, 4) is 5.82 Å². The average molecular weight is 298 g/mol. The zero-order chi connectivity index (χ0) is 15.9. The predicted molar refractivity (Wildman–Crippen MR) is 69.1 cm³/mol. The first kappa shape index (κ1) is 15.0. The minimum atomic E-state index is -4.62. The lowest BCUT2D eigenvalue weighted by Gasteiger charge is -2.12. The van der Waals surface area contributed by atoms with Crippen LogP contribution < -0.4 is 5.73 Å². The first-order valence-corrected chi connectivity index (χ1v) is 6.04. The molecule has 0 aromatic carbocycles. The molecule has 21 heavy (non-hydrogen) atoms. The van der Waals surface area contributed by atoms with Gasteiger partial charge in [-0.3, -0.25) is 4.79 Å². The number of aryl methyl sites for hydroxylation is 1. The van der Waals surface area contributed by atoms with E-state index in [1.807, 2.05) is 0 Å². The van der Waals surface area contributed by atoms with Gasteiger partial charge >= 0.3 is 6.18 Å². The fraction of sp³-hybridized carbons (Fsp3) is 0.308. The van der Waals surface area contributed by atoms with Crippen LogP contribution in [0.4, 0.5) is 13.2 Å². The number of amides is 1. The van der Waals surface area contributed by atoms with Crippen LogP contribution in [0, 0.1) is 20.8 Å². The lowest BCUT2D eigenvalue weighted by atomic mass is 10.2. The van der Waals surface area contributed by atoms with Crippen molar-refractivity contribution in [2.45, 2.75) is 26.9 Å². The zero-order valence-electron chi connectivity index (χ0n) is 11.6. The van der Waals surface area contributed by atoms with E-state index in [0.29, 0.717) is 11.4 Å². The van der Waals surface area contributed by atoms with E-state index in [0.717, 1.165) is 17.7 Å². The van der Waals surface area contributed by atoms with Crippen LogP contribution in [0.15, 0.2) is 12.1 Å². The molecule has 0 fully saturated rings. The highest BCUT2D eigenvalue weighted by Gasteiger charge is 2.34. The fourth-order valence-electron chi connectivity index (χ4n) is 1.89. The summed E-state index contributed by atoms with van der Waals surface area (Å²) in [4.78, 5) is 14.9. The van der Waals surface area contributed by atoms with Crippen molar-refractivity contribution in [1.29, 1.82) is 0 Å². The summed E-state index contributed by atoms with van der Waals surface area (Å²) in [5, 5.41) is 4.13. The van der Waals surface area contributed by atoms with Crippen molar-refractivity contribution in [2.75, 3.05) is 0 Å². The molecule has 5 nitrogen and oxygen atoms in total. The number of carbonyl (C=O) groups excluding carboxylic acids is 1. The first-order valence-electron chi connectivity index (χ1n) is 6.04. The number of carbonyl (C=O) groups is 1. The van der Waals surface area contributed by atoms with Gasteiger partial charge in [0, 0.05) is 5.69 Å². The van der Waals surface area contributed by atoms with Crippen molar-refractivity contribution < 1.29 is 18.0 Å². The van der Waals surface area contributed by atoms with Crippen molar-refractivity contribution in [2.24, 2.45) is 5.73 Å². The summed E-state index contributed by atoms with van der Waals surface area (Å²) >= 11 is 0. The molecule has 0 unspecified atom stereocenters. The largest absolute Gasteiger partial charge is 0.433 e. The Balaban J connectivity index is 2.75. The van der Waals surface area contributed by atoms with Crippen LogP contribution in [0.1, 0.15) is 33.0 Å². The van der Waals surface area contributed by atoms with Gasteiger partial charge in [0.15, 0.2) is 5.82 Å². The summed E-state index contributed by atoms with van der Waals surface area (Å²) in [6.07, 6.45) is -4.62. The maximum atomic E-state index is 12.8. The Bertz CT molecular complexity index is 719. The van der Waals surface area contributed by atoms with E-state index in [9.17, 15) is 18.0 Å². The number of pyridine rings is 1.